The molecule has 4 atom stereocenters. The van der Waals surface area contributed by atoms with E-state index in [1.807, 2.05) is 36.1 Å². The maximum atomic E-state index is 14.1. The molecule has 64 heavy (non-hydrogen) atoms. The highest BCUT2D eigenvalue weighted by molar-refractivity contribution is 6.06. The number of piperazine rings is 1. The number of amides is 3. The van der Waals surface area contributed by atoms with Gasteiger partial charge in [-0.1, -0.05) is 24.3 Å². The molecule has 3 unspecified atom stereocenters. The number of anilines is 2. The zero-order valence-electron chi connectivity index (χ0n) is 36.3. The van der Waals surface area contributed by atoms with E-state index in [9.17, 15) is 23.2 Å². The number of piperidine rings is 2. The molecule has 3 amide bonds. The largest absolute Gasteiger partial charge is 0.496 e. The predicted octanol–water partition coefficient (Wildman–Crippen LogP) is 5.08. The van der Waals surface area contributed by atoms with Crippen LogP contribution in [-0.4, -0.2) is 140 Å². The highest BCUT2D eigenvalue weighted by Gasteiger charge is 2.45. The van der Waals surface area contributed by atoms with Gasteiger partial charge in [-0.25, -0.2) is 8.78 Å². The monoisotopic (exact) mass is 879 g/mol. The van der Waals surface area contributed by atoms with Gasteiger partial charge in [0.15, 0.2) is 5.79 Å². The standard InChI is InChI=1S/C48H55F2N7O7/c1-28-17-36-33-5-3-4-6-37(33)51-44(36)45(56(28)24-42(49)50)34-8-7-31(19-40(34)61-2)54-13-11-48(12-14-54)63-25-29(26-64-48)21-53-15-16-55-32(23-53)27-62-41-20-35-30(18-39(41)55)22-57(47(35)60)38-9-10-43(58)52-46(38)59/h3-8,18-20,28-29,32,38,42,45,51H,9-17,21-27H2,1-2H3,(H,52,58,59)/t28?,32?,38?,45-/m1/s1. The molecule has 8 heterocycles. The molecule has 1 aromatic heterocycles. The SMILES string of the molecule is COc1cc(N2CCC3(CC2)OCC(CN2CCN4c5cc6c(cc5OCC4C2)C(=O)N(C2CCC(=O)NC2=O)C6)CO3)ccc1[C@@H]1c2[nH]c3ccccc3c2CC(C)N1CC(F)F. The summed E-state index contributed by atoms with van der Waals surface area (Å²) in [6, 6.07) is 17.3. The zero-order valence-corrected chi connectivity index (χ0v) is 36.3. The van der Waals surface area contributed by atoms with Crippen LogP contribution in [0.3, 0.4) is 0 Å². The summed E-state index contributed by atoms with van der Waals surface area (Å²) in [4.78, 5) is 52.0. The number of fused-ring (bicyclic) bond motifs is 7. The molecule has 14 nitrogen and oxygen atoms in total. The summed E-state index contributed by atoms with van der Waals surface area (Å²) in [5, 5.41) is 3.52. The quantitative estimate of drug-likeness (QED) is 0.230. The average molecular weight is 880 g/mol. The molecule has 4 saturated heterocycles. The first kappa shape index (κ1) is 41.4. The van der Waals surface area contributed by atoms with Crippen molar-refractivity contribution in [1.29, 1.82) is 0 Å². The number of H-pyrrole nitrogens is 1. The van der Waals surface area contributed by atoms with Gasteiger partial charge in [0.25, 0.3) is 12.3 Å². The number of methoxy groups -OCH3 is 1. The van der Waals surface area contributed by atoms with Crippen LogP contribution in [0.2, 0.25) is 0 Å². The lowest BCUT2D eigenvalue weighted by molar-refractivity contribution is -0.291. The van der Waals surface area contributed by atoms with Crippen molar-refractivity contribution in [2.24, 2.45) is 5.92 Å². The molecule has 3 aromatic carbocycles. The van der Waals surface area contributed by atoms with E-state index in [1.165, 1.54) is 5.56 Å². The Kier molecular flexibility index (Phi) is 10.5. The summed E-state index contributed by atoms with van der Waals surface area (Å²) in [6.07, 6.45) is 0.227. The Bertz CT molecular complexity index is 2480. The minimum absolute atomic E-state index is 0.0844. The number of ether oxygens (including phenoxy) is 4. The Balaban J connectivity index is 0.700. The van der Waals surface area contributed by atoms with Gasteiger partial charge in [-0.05, 0) is 55.2 Å². The van der Waals surface area contributed by atoms with Crippen LogP contribution in [0.1, 0.15) is 71.4 Å². The molecule has 16 heteroatoms. The molecule has 11 rings (SSSR count). The normalized spacial score (nSPS) is 26.2. The molecule has 4 aromatic rings. The average Bonchev–Trinajstić information content (AvgIpc) is 3.82. The molecule has 0 aliphatic carbocycles. The lowest BCUT2D eigenvalue weighted by Gasteiger charge is -2.48. The third kappa shape index (κ3) is 7.26. The number of alkyl halides is 2. The summed E-state index contributed by atoms with van der Waals surface area (Å²) in [5.41, 5.74) is 7.46. The number of hydrogen-bond donors (Lipinski definition) is 2. The van der Waals surface area contributed by atoms with E-state index in [2.05, 4.69) is 55.3 Å². The lowest BCUT2D eigenvalue weighted by atomic mass is 9.88. The fraction of sp³-hybridized carbons (Fsp3) is 0.521. The van der Waals surface area contributed by atoms with Gasteiger partial charge in [-0.2, -0.15) is 0 Å². The zero-order chi connectivity index (χ0) is 43.9. The minimum Gasteiger partial charge on any atom is -0.496 e. The van der Waals surface area contributed by atoms with Crippen molar-refractivity contribution < 1.29 is 42.1 Å². The van der Waals surface area contributed by atoms with E-state index < -0.39 is 30.2 Å². The third-order valence-electron chi connectivity index (χ3n) is 14.9. The van der Waals surface area contributed by atoms with Gasteiger partial charge in [-0.3, -0.25) is 29.5 Å². The maximum absolute atomic E-state index is 14.1. The van der Waals surface area contributed by atoms with Crippen molar-refractivity contribution in [2.45, 2.75) is 82.0 Å². The van der Waals surface area contributed by atoms with Gasteiger partial charge < -0.3 is 38.6 Å². The van der Waals surface area contributed by atoms with Crippen LogP contribution in [0.15, 0.2) is 54.6 Å². The fourth-order valence-corrected chi connectivity index (χ4v) is 11.6. The van der Waals surface area contributed by atoms with Crippen molar-refractivity contribution in [3.63, 3.8) is 0 Å². The Hall–Kier alpha value is -5.29. The van der Waals surface area contributed by atoms with Crippen molar-refractivity contribution >= 4 is 40.0 Å². The number of nitrogens with zero attached hydrogens (tertiary/aromatic N) is 5. The Morgan fingerprint density at radius 2 is 1.77 bits per heavy atom. The Labute approximate surface area is 370 Å². The number of carbonyl (C=O) groups is 3. The van der Waals surface area contributed by atoms with Crippen LogP contribution in [0.4, 0.5) is 20.2 Å². The highest BCUT2D eigenvalue weighted by atomic mass is 19.3. The van der Waals surface area contributed by atoms with Crippen LogP contribution >= 0.6 is 0 Å². The first-order valence-electron chi connectivity index (χ1n) is 22.8. The maximum Gasteiger partial charge on any atom is 0.255 e. The van der Waals surface area contributed by atoms with Crippen LogP contribution in [0, 0.1) is 5.92 Å². The smallest absolute Gasteiger partial charge is 0.255 e. The number of nitrogens with one attached hydrogen (secondary N) is 2. The number of hydrogen-bond acceptors (Lipinski definition) is 11. The topological polar surface area (TPSA) is 132 Å². The summed E-state index contributed by atoms with van der Waals surface area (Å²) in [7, 11) is 1.65. The van der Waals surface area contributed by atoms with E-state index in [1.54, 1.807) is 12.0 Å². The number of benzene rings is 3. The number of imide groups is 1. The number of aromatic nitrogens is 1. The van der Waals surface area contributed by atoms with Crippen molar-refractivity contribution in [3.8, 4) is 11.5 Å². The van der Waals surface area contributed by atoms with Crippen LogP contribution in [0.25, 0.3) is 10.9 Å². The van der Waals surface area contributed by atoms with Crippen LogP contribution in [0.5, 0.6) is 11.5 Å². The van der Waals surface area contributed by atoms with Gasteiger partial charge in [0.2, 0.25) is 11.8 Å². The van der Waals surface area contributed by atoms with E-state index in [0.29, 0.717) is 56.3 Å². The second kappa shape index (κ2) is 16.3. The first-order chi connectivity index (χ1) is 31.0. The van der Waals surface area contributed by atoms with Crippen LogP contribution in [-0.2, 0) is 32.0 Å². The van der Waals surface area contributed by atoms with Gasteiger partial charge in [-0.15, -0.1) is 0 Å². The molecule has 338 valence electrons. The fourth-order valence-electron chi connectivity index (χ4n) is 11.6. The summed E-state index contributed by atoms with van der Waals surface area (Å²) < 4.78 is 53.7. The predicted molar refractivity (Wildman–Crippen MR) is 234 cm³/mol. The highest BCUT2D eigenvalue weighted by Crippen LogP contribution is 2.46. The van der Waals surface area contributed by atoms with E-state index >= 15 is 0 Å². The summed E-state index contributed by atoms with van der Waals surface area (Å²) >= 11 is 0. The summed E-state index contributed by atoms with van der Waals surface area (Å²) in [5.74, 6) is 0.0832. The minimum atomic E-state index is -2.47. The number of carbonyl (C=O) groups excluding carboxylic acids is 3. The van der Waals surface area contributed by atoms with Gasteiger partial charge in [0, 0.05) is 117 Å². The Morgan fingerprint density at radius 3 is 2.55 bits per heavy atom. The lowest BCUT2D eigenvalue weighted by Crippen LogP contribution is -2.59. The molecule has 7 aliphatic rings. The van der Waals surface area contributed by atoms with E-state index in [-0.39, 0.29) is 42.8 Å². The molecule has 2 N–H and O–H groups in total. The third-order valence-corrected chi connectivity index (χ3v) is 14.9. The second-order valence-corrected chi connectivity index (χ2v) is 18.7. The number of para-hydroxylation sites is 1. The van der Waals surface area contributed by atoms with Crippen molar-refractivity contribution in [2.75, 3.05) is 82.5 Å². The molecule has 1 spiro atoms. The molecule has 0 radical (unpaired) electrons. The van der Waals surface area contributed by atoms with Crippen molar-refractivity contribution in [3.05, 3.63) is 82.5 Å². The molecular weight excluding hydrogens is 825 g/mol. The second-order valence-electron chi connectivity index (χ2n) is 18.7. The molecular formula is C48H55F2N7O7. The van der Waals surface area contributed by atoms with E-state index in [4.69, 9.17) is 18.9 Å². The molecule has 7 aliphatic heterocycles. The van der Waals surface area contributed by atoms with E-state index in [0.717, 1.165) is 91.2 Å². The van der Waals surface area contributed by atoms with Crippen LogP contribution < -0.4 is 24.6 Å². The Morgan fingerprint density at radius 1 is 0.953 bits per heavy atom. The van der Waals surface area contributed by atoms with Crippen molar-refractivity contribution in [1.82, 2.24) is 25.0 Å². The molecule has 4 fully saturated rings. The number of aromatic amines is 1. The van der Waals surface area contributed by atoms with Gasteiger partial charge >= 0.3 is 0 Å². The first-order valence-corrected chi connectivity index (χ1v) is 22.8. The molecule has 0 saturated carbocycles. The summed E-state index contributed by atoms with van der Waals surface area (Å²) in [6.45, 7) is 8.69. The molecule has 0 bridgehead atoms. The van der Waals surface area contributed by atoms with Gasteiger partial charge in [0.05, 0.1) is 44.6 Å². The number of halogens is 2. The van der Waals surface area contributed by atoms with Gasteiger partial charge in [0.1, 0.15) is 24.1 Å². The number of rotatable bonds is 8.